The summed E-state index contributed by atoms with van der Waals surface area (Å²) in [6.45, 7) is 1.33. The third kappa shape index (κ3) is 4.21. The maximum Gasteiger partial charge on any atom is 0.337 e. The normalized spacial score (nSPS) is 12.5. The third-order valence-electron chi connectivity index (χ3n) is 4.46. The minimum Gasteiger partial charge on any atom is -0.488 e. The quantitative estimate of drug-likeness (QED) is 0.502. The molecule has 1 aromatic heterocycles. The molecule has 4 rings (SSSR count). The van der Waals surface area contributed by atoms with Gasteiger partial charge in [-0.1, -0.05) is 11.6 Å². The van der Waals surface area contributed by atoms with Gasteiger partial charge < -0.3 is 19.2 Å². The molecule has 2 aromatic carbocycles. The molecule has 1 aliphatic heterocycles. The molecule has 8 heteroatoms. The molecule has 1 amide bonds. The lowest BCUT2D eigenvalue weighted by atomic mass is 10.1. The molecule has 0 saturated carbocycles. The number of hydrogen-bond acceptors (Lipinski definition) is 6. The lowest BCUT2D eigenvalue weighted by molar-refractivity contribution is -0.140. The molecule has 0 fully saturated rings. The maximum atomic E-state index is 12.5. The summed E-state index contributed by atoms with van der Waals surface area (Å²) in [6, 6.07) is 11.3. The molecule has 0 radical (unpaired) electrons. The number of amides is 1. The van der Waals surface area contributed by atoms with Gasteiger partial charge in [-0.15, -0.1) is 0 Å². The Morgan fingerprint density at radius 2 is 2.00 bits per heavy atom. The van der Waals surface area contributed by atoms with Crippen LogP contribution in [-0.4, -0.2) is 18.5 Å². The fourth-order valence-electron chi connectivity index (χ4n) is 3.13. The van der Waals surface area contributed by atoms with Crippen LogP contribution < -0.4 is 15.7 Å². The molecule has 0 aliphatic carbocycles. The molecule has 0 bridgehead atoms. The second-order valence-electron chi connectivity index (χ2n) is 6.70. The minimum atomic E-state index is -0.586. The van der Waals surface area contributed by atoms with Crippen LogP contribution in [0.3, 0.4) is 0 Å². The molecule has 7 nitrogen and oxygen atoms in total. The van der Waals surface area contributed by atoms with Crippen molar-refractivity contribution in [2.75, 3.05) is 11.9 Å². The summed E-state index contributed by atoms with van der Waals surface area (Å²) in [5.41, 5.74) is 1.71. The molecule has 0 saturated heterocycles. The van der Waals surface area contributed by atoms with E-state index in [1.54, 1.807) is 42.5 Å². The van der Waals surface area contributed by atoms with E-state index in [1.165, 1.54) is 13.0 Å². The summed E-state index contributed by atoms with van der Waals surface area (Å²) < 4.78 is 16.2. The van der Waals surface area contributed by atoms with Crippen molar-refractivity contribution in [2.45, 2.75) is 13.5 Å². The molecule has 30 heavy (non-hydrogen) atoms. The van der Waals surface area contributed by atoms with E-state index >= 15 is 0 Å². The van der Waals surface area contributed by atoms with E-state index in [9.17, 15) is 14.4 Å². The topological polar surface area (TPSA) is 94.8 Å². The Morgan fingerprint density at radius 1 is 1.17 bits per heavy atom. The number of halogens is 1. The number of ether oxygens (including phenoxy) is 2. The van der Waals surface area contributed by atoms with Crippen LogP contribution in [0.25, 0.3) is 17.0 Å². The molecule has 2 heterocycles. The first-order chi connectivity index (χ1) is 14.4. The lowest BCUT2D eigenvalue weighted by Gasteiger charge is -2.17. The number of carbonyl (C=O) groups excluding carboxylic acids is 2. The monoisotopic (exact) mass is 425 g/mol. The molecule has 0 unspecified atom stereocenters. The SMILES string of the molecule is CC(=O)Nc1ccc2c(COC(=O)C3=Cc4cc(Cl)ccc4OC3)cc(=O)oc2c1. The molecule has 1 N–H and O–H groups in total. The second kappa shape index (κ2) is 8.04. The van der Waals surface area contributed by atoms with Crippen LogP contribution in [0.1, 0.15) is 18.1 Å². The van der Waals surface area contributed by atoms with Crippen molar-refractivity contribution in [3.63, 3.8) is 0 Å². The fraction of sp³-hybridized carbons (Fsp3) is 0.136. The van der Waals surface area contributed by atoms with E-state index < -0.39 is 11.6 Å². The number of benzene rings is 2. The fourth-order valence-corrected chi connectivity index (χ4v) is 3.31. The summed E-state index contributed by atoms with van der Waals surface area (Å²) in [5, 5.41) is 3.76. The smallest absolute Gasteiger partial charge is 0.337 e. The average Bonchev–Trinajstić information content (AvgIpc) is 2.70. The van der Waals surface area contributed by atoms with E-state index in [2.05, 4.69) is 5.32 Å². The van der Waals surface area contributed by atoms with Gasteiger partial charge in [0.25, 0.3) is 0 Å². The van der Waals surface area contributed by atoms with Gasteiger partial charge in [-0.05, 0) is 36.4 Å². The number of esters is 1. The summed E-state index contributed by atoms with van der Waals surface area (Å²) in [7, 11) is 0. The van der Waals surface area contributed by atoms with Gasteiger partial charge in [0.2, 0.25) is 5.91 Å². The summed E-state index contributed by atoms with van der Waals surface area (Å²) in [4.78, 5) is 35.6. The highest BCUT2D eigenvalue weighted by molar-refractivity contribution is 6.30. The first-order valence-corrected chi connectivity index (χ1v) is 9.41. The van der Waals surface area contributed by atoms with Gasteiger partial charge in [-0.2, -0.15) is 0 Å². The lowest BCUT2D eigenvalue weighted by Crippen LogP contribution is -2.17. The van der Waals surface area contributed by atoms with Crippen LogP contribution in [0, 0.1) is 0 Å². The largest absolute Gasteiger partial charge is 0.488 e. The number of nitrogens with one attached hydrogen (secondary N) is 1. The van der Waals surface area contributed by atoms with Crippen molar-refractivity contribution < 1.29 is 23.5 Å². The summed E-state index contributed by atoms with van der Waals surface area (Å²) in [5.74, 6) is -0.165. The van der Waals surface area contributed by atoms with Crippen molar-refractivity contribution in [3.8, 4) is 5.75 Å². The van der Waals surface area contributed by atoms with Crippen LogP contribution in [-0.2, 0) is 20.9 Å². The number of hydrogen-bond donors (Lipinski definition) is 1. The van der Waals surface area contributed by atoms with Gasteiger partial charge in [0, 0.05) is 46.3 Å². The second-order valence-corrected chi connectivity index (χ2v) is 7.14. The zero-order valence-corrected chi connectivity index (χ0v) is 16.6. The molecule has 152 valence electrons. The van der Waals surface area contributed by atoms with Crippen molar-refractivity contribution in [3.05, 3.63) is 74.6 Å². The Kier molecular flexibility index (Phi) is 5.29. The van der Waals surface area contributed by atoms with E-state index in [0.717, 1.165) is 0 Å². The standard InChI is InChI=1S/C22H16ClNO6/c1-12(25)24-17-3-4-18-14(8-21(26)30-20(18)9-17)10-29-22(27)15-6-13-7-16(23)2-5-19(13)28-11-15/h2-9H,10-11H2,1H3,(H,24,25). The van der Waals surface area contributed by atoms with Gasteiger partial charge in [0.1, 0.15) is 24.5 Å². The van der Waals surface area contributed by atoms with Crippen LogP contribution in [0.15, 0.2) is 57.2 Å². The van der Waals surface area contributed by atoms with Crippen molar-refractivity contribution >= 4 is 46.2 Å². The van der Waals surface area contributed by atoms with Gasteiger partial charge in [0.15, 0.2) is 0 Å². The van der Waals surface area contributed by atoms with Crippen molar-refractivity contribution in [1.82, 2.24) is 0 Å². The first kappa shape index (κ1) is 19.7. The average molecular weight is 426 g/mol. The summed E-state index contributed by atoms with van der Waals surface area (Å²) >= 11 is 5.99. The van der Waals surface area contributed by atoms with Crippen molar-refractivity contribution in [2.24, 2.45) is 0 Å². The van der Waals surface area contributed by atoms with Gasteiger partial charge in [-0.25, -0.2) is 9.59 Å². The summed E-state index contributed by atoms with van der Waals surface area (Å²) in [6.07, 6.45) is 1.67. The molecule has 3 aromatic rings. The van der Waals surface area contributed by atoms with Crippen molar-refractivity contribution in [1.29, 1.82) is 0 Å². The highest BCUT2D eigenvalue weighted by atomic mass is 35.5. The molecule has 1 aliphatic rings. The van der Waals surface area contributed by atoms with E-state index in [1.807, 2.05) is 0 Å². The number of fused-ring (bicyclic) bond motifs is 2. The molecular formula is C22H16ClNO6. The van der Waals surface area contributed by atoms with Crippen LogP contribution >= 0.6 is 11.6 Å². The first-order valence-electron chi connectivity index (χ1n) is 9.03. The Labute approximate surface area is 175 Å². The Bertz CT molecular complexity index is 1260. The van der Waals surface area contributed by atoms with E-state index in [0.29, 0.717) is 38.5 Å². The maximum absolute atomic E-state index is 12.5. The predicted octanol–water partition coefficient (Wildman–Crippen LogP) is 3.92. The van der Waals surface area contributed by atoms with Crippen LogP contribution in [0.4, 0.5) is 5.69 Å². The van der Waals surface area contributed by atoms with Gasteiger partial charge >= 0.3 is 11.6 Å². The van der Waals surface area contributed by atoms with Gasteiger partial charge in [-0.3, -0.25) is 4.79 Å². The third-order valence-corrected chi connectivity index (χ3v) is 4.69. The van der Waals surface area contributed by atoms with E-state index in [4.69, 9.17) is 25.5 Å². The Morgan fingerprint density at radius 3 is 2.80 bits per heavy atom. The highest BCUT2D eigenvalue weighted by Gasteiger charge is 2.19. The Hall–Kier alpha value is -3.58. The number of anilines is 1. The number of rotatable bonds is 4. The molecular weight excluding hydrogens is 410 g/mol. The molecule has 0 atom stereocenters. The van der Waals surface area contributed by atoms with Crippen LogP contribution in [0.5, 0.6) is 5.75 Å². The van der Waals surface area contributed by atoms with Gasteiger partial charge in [0.05, 0.1) is 5.57 Å². The zero-order chi connectivity index (χ0) is 21.3. The van der Waals surface area contributed by atoms with Crippen LogP contribution in [0.2, 0.25) is 5.02 Å². The minimum absolute atomic E-state index is 0.0746. The predicted molar refractivity (Wildman–Crippen MR) is 112 cm³/mol. The highest BCUT2D eigenvalue weighted by Crippen LogP contribution is 2.29. The number of carbonyl (C=O) groups is 2. The zero-order valence-electron chi connectivity index (χ0n) is 15.9. The molecule has 0 spiro atoms. The van der Waals surface area contributed by atoms with E-state index in [-0.39, 0.29) is 24.7 Å². The Balaban J connectivity index is 1.55.